The third kappa shape index (κ3) is 8.16. The van der Waals surface area contributed by atoms with Crippen molar-refractivity contribution in [1.82, 2.24) is 10.6 Å². The Labute approximate surface area is 231 Å². The van der Waals surface area contributed by atoms with Crippen LogP contribution in [0.1, 0.15) is 73.7 Å². The summed E-state index contributed by atoms with van der Waals surface area (Å²) in [4.78, 5) is 26.2. The Morgan fingerprint density at radius 3 is 2.34 bits per heavy atom. The lowest BCUT2D eigenvalue weighted by atomic mass is 9.91. The van der Waals surface area contributed by atoms with E-state index in [4.69, 9.17) is 4.74 Å². The number of benzene rings is 2. The average molecular weight is 539 g/mol. The van der Waals surface area contributed by atoms with E-state index in [1.165, 1.54) is 43.7 Å². The summed E-state index contributed by atoms with van der Waals surface area (Å²) in [6.45, 7) is 0.310. The minimum atomic E-state index is -0.330. The zero-order valence-electron chi connectivity index (χ0n) is 22.5. The SMILES string of the molecule is COc1ccc(CC(SCC2CCCCC2)C(CNC(=O)c2ccccc2O)NC(=O)C2CCCC2)cc1. The highest BCUT2D eigenvalue weighted by Gasteiger charge is 2.30. The lowest BCUT2D eigenvalue weighted by Crippen LogP contribution is -2.51. The van der Waals surface area contributed by atoms with E-state index in [0.29, 0.717) is 12.5 Å². The number of nitrogens with one attached hydrogen (secondary N) is 2. The number of amides is 2. The molecule has 0 aliphatic heterocycles. The molecule has 2 aromatic carbocycles. The molecule has 0 spiro atoms. The molecule has 2 atom stereocenters. The maximum absolute atomic E-state index is 13.3. The average Bonchev–Trinajstić information content (AvgIpc) is 3.50. The van der Waals surface area contributed by atoms with Crippen LogP contribution < -0.4 is 15.4 Å². The number of rotatable bonds is 12. The summed E-state index contributed by atoms with van der Waals surface area (Å²) in [5.41, 5.74) is 1.43. The molecule has 0 bridgehead atoms. The van der Waals surface area contributed by atoms with Gasteiger partial charge in [0.15, 0.2) is 0 Å². The molecule has 2 saturated carbocycles. The van der Waals surface area contributed by atoms with Crippen molar-refractivity contribution >= 4 is 23.6 Å². The molecule has 7 heteroatoms. The monoisotopic (exact) mass is 538 g/mol. The van der Waals surface area contributed by atoms with Gasteiger partial charge in [0.1, 0.15) is 11.5 Å². The molecule has 2 amide bonds. The fourth-order valence-corrected chi connectivity index (χ4v) is 7.21. The highest BCUT2D eigenvalue weighted by Crippen LogP contribution is 2.31. The van der Waals surface area contributed by atoms with Crippen molar-refractivity contribution in [2.75, 3.05) is 19.4 Å². The Bertz CT molecular complexity index is 1030. The number of aromatic hydroxyl groups is 1. The first kappa shape index (κ1) is 28.3. The molecule has 2 aliphatic carbocycles. The molecule has 6 nitrogen and oxygen atoms in total. The zero-order valence-corrected chi connectivity index (χ0v) is 23.3. The van der Waals surface area contributed by atoms with E-state index < -0.39 is 0 Å². The fraction of sp³-hybridized carbons (Fsp3) is 0.548. The van der Waals surface area contributed by atoms with Gasteiger partial charge in [-0.1, -0.05) is 56.4 Å². The van der Waals surface area contributed by atoms with Crippen LogP contribution in [0.3, 0.4) is 0 Å². The van der Waals surface area contributed by atoms with Crippen LogP contribution in [0.4, 0.5) is 0 Å². The predicted molar refractivity (Wildman–Crippen MR) is 154 cm³/mol. The minimum Gasteiger partial charge on any atom is -0.507 e. The van der Waals surface area contributed by atoms with Crippen LogP contribution in [0, 0.1) is 11.8 Å². The van der Waals surface area contributed by atoms with Gasteiger partial charge < -0.3 is 20.5 Å². The first-order valence-corrected chi connectivity index (χ1v) is 15.2. The van der Waals surface area contributed by atoms with Crippen LogP contribution >= 0.6 is 11.8 Å². The van der Waals surface area contributed by atoms with Gasteiger partial charge in [0.2, 0.25) is 5.91 Å². The van der Waals surface area contributed by atoms with E-state index in [0.717, 1.165) is 43.6 Å². The van der Waals surface area contributed by atoms with E-state index in [1.807, 2.05) is 23.9 Å². The molecule has 2 fully saturated rings. The quantitative estimate of drug-likeness (QED) is 0.321. The maximum atomic E-state index is 13.3. The summed E-state index contributed by atoms with van der Waals surface area (Å²) in [5, 5.41) is 16.6. The van der Waals surface area contributed by atoms with E-state index >= 15 is 0 Å². The van der Waals surface area contributed by atoms with Gasteiger partial charge in [0.25, 0.3) is 5.91 Å². The molecule has 0 aromatic heterocycles. The summed E-state index contributed by atoms with van der Waals surface area (Å²) in [6, 6.07) is 14.5. The second-order valence-electron chi connectivity index (χ2n) is 10.8. The molecule has 38 heavy (non-hydrogen) atoms. The van der Waals surface area contributed by atoms with Crippen molar-refractivity contribution in [3.8, 4) is 11.5 Å². The topological polar surface area (TPSA) is 87.7 Å². The van der Waals surface area contributed by atoms with Crippen LogP contribution in [-0.2, 0) is 11.2 Å². The molecule has 0 heterocycles. The van der Waals surface area contributed by atoms with Gasteiger partial charge in [-0.3, -0.25) is 9.59 Å². The smallest absolute Gasteiger partial charge is 0.255 e. The molecule has 2 unspecified atom stereocenters. The summed E-state index contributed by atoms with van der Waals surface area (Å²) in [5.74, 6) is 2.36. The van der Waals surface area contributed by atoms with Crippen molar-refractivity contribution in [2.45, 2.75) is 75.5 Å². The Morgan fingerprint density at radius 2 is 1.66 bits per heavy atom. The number of para-hydroxylation sites is 1. The van der Waals surface area contributed by atoms with Gasteiger partial charge in [0.05, 0.1) is 18.7 Å². The summed E-state index contributed by atoms with van der Waals surface area (Å²) >= 11 is 1.93. The highest BCUT2D eigenvalue weighted by molar-refractivity contribution is 7.99. The molecule has 0 saturated heterocycles. The summed E-state index contributed by atoms with van der Waals surface area (Å²) in [7, 11) is 1.67. The number of hydrogen-bond donors (Lipinski definition) is 3. The molecule has 206 valence electrons. The van der Waals surface area contributed by atoms with Crippen molar-refractivity contribution in [1.29, 1.82) is 0 Å². The fourth-order valence-electron chi connectivity index (χ4n) is 5.65. The van der Waals surface area contributed by atoms with E-state index in [1.54, 1.807) is 25.3 Å². The Morgan fingerprint density at radius 1 is 0.974 bits per heavy atom. The summed E-state index contributed by atoms with van der Waals surface area (Å²) < 4.78 is 5.34. The van der Waals surface area contributed by atoms with Crippen molar-refractivity contribution in [3.63, 3.8) is 0 Å². The van der Waals surface area contributed by atoms with Crippen LogP contribution in [0.15, 0.2) is 48.5 Å². The number of methoxy groups -OCH3 is 1. The highest BCUT2D eigenvalue weighted by atomic mass is 32.2. The lowest BCUT2D eigenvalue weighted by Gasteiger charge is -2.31. The maximum Gasteiger partial charge on any atom is 0.255 e. The van der Waals surface area contributed by atoms with Crippen LogP contribution in [0.5, 0.6) is 11.5 Å². The second-order valence-corrected chi connectivity index (χ2v) is 12.0. The molecule has 0 radical (unpaired) electrons. The van der Waals surface area contributed by atoms with Gasteiger partial charge in [-0.25, -0.2) is 0 Å². The number of phenolic OH excluding ortho intramolecular Hbond substituents is 1. The van der Waals surface area contributed by atoms with E-state index in [-0.39, 0.29) is 40.3 Å². The predicted octanol–water partition coefficient (Wildman–Crippen LogP) is 5.73. The van der Waals surface area contributed by atoms with Gasteiger partial charge >= 0.3 is 0 Å². The first-order valence-electron chi connectivity index (χ1n) is 14.1. The minimum absolute atomic E-state index is 0.0435. The standard InChI is InChI=1S/C31H42N2O4S/c1-37-25-17-15-22(16-18-25)19-29(38-21-23-9-3-2-4-10-23)27(33-30(35)24-11-5-6-12-24)20-32-31(36)26-13-7-8-14-28(26)34/h7-8,13-18,23-24,27,29,34H,2-6,9-12,19-21H2,1H3,(H,32,36)(H,33,35). The van der Waals surface area contributed by atoms with Crippen LogP contribution in [0.25, 0.3) is 0 Å². The van der Waals surface area contributed by atoms with Crippen molar-refractivity contribution in [2.24, 2.45) is 11.8 Å². The third-order valence-corrected chi connectivity index (χ3v) is 9.59. The van der Waals surface area contributed by atoms with Crippen molar-refractivity contribution in [3.05, 3.63) is 59.7 Å². The molecular formula is C31H42N2O4S. The van der Waals surface area contributed by atoms with Gasteiger partial charge in [-0.15, -0.1) is 0 Å². The molecule has 2 aromatic rings. The molecule has 3 N–H and O–H groups in total. The van der Waals surface area contributed by atoms with Crippen LogP contribution in [0.2, 0.25) is 0 Å². The number of ether oxygens (including phenoxy) is 1. The van der Waals surface area contributed by atoms with E-state index in [2.05, 4.69) is 22.8 Å². The second kappa shape index (κ2) is 14.5. The first-order chi connectivity index (χ1) is 18.5. The van der Waals surface area contributed by atoms with Crippen LogP contribution in [-0.4, -0.2) is 47.6 Å². The Kier molecular flexibility index (Phi) is 10.8. The largest absolute Gasteiger partial charge is 0.507 e. The number of carbonyl (C=O) groups excluding carboxylic acids is 2. The normalized spacial score (nSPS) is 18.0. The number of phenols is 1. The Balaban J connectivity index is 1.52. The molecule has 4 rings (SSSR count). The van der Waals surface area contributed by atoms with Gasteiger partial charge in [0, 0.05) is 17.7 Å². The molecule has 2 aliphatic rings. The van der Waals surface area contributed by atoms with Gasteiger partial charge in [-0.05, 0) is 73.6 Å². The van der Waals surface area contributed by atoms with Crippen molar-refractivity contribution < 1.29 is 19.4 Å². The van der Waals surface area contributed by atoms with Gasteiger partial charge in [-0.2, -0.15) is 11.8 Å². The lowest BCUT2D eigenvalue weighted by molar-refractivity contribution is -0.125. The molecular weight excluding hydrogens is 496 g/mol. The number of carbonyl (C=O) groups is 2. The number of thioether (sulfide) groups is 1. The zero-order chi connectivity index (χ0) is 26.7. The van der Waals surface area contributed by atoms with E-state index in [9.17, 15) is 14.7 Å². The Hall–Kier alpha value is -2.67. The third-order valence-electron chi connectivity index (χ3n) is 8.00. The number of hydrogen-bond acceptors (Lipinski definition) is 5. The summed E-state index contributed by atoms with van der Waals surface area (Å²) in [6.07, 6.45) is 11.3.